The minimum absolute atomic E-state index is 0.0247. The summed E-state index contributed by atoms with van der Waals surface area (Å²) >= 11 is 1.60. The van der Waals surface area contributed by atoms with Crippen LogP contribution >= 0.6 is 11.3 Å². The summed E-state index contributed by atoms with van der Waals surface area (Å²) in [7, 11) is 0. The van der Waals surface area contributed by atoms with Crippen LogP contribution in [0.4, 0.5) is 0 Å². The molecule has 0 bridgehead atoms. The molecule has 3 aromatic rings. The number of pyridine rings is 1. The highest BCUT2D eigenvalue weighted by molar-refractivity contribution is 7.15. The molecule has 2 heterocycles. The van der Waals surface area contributed by atoms with Gasteiger partial charge in [0.05, 0.1) is 11.2 Å². The molecule has 18 heavy (non-hydrogen) atoms. The molecule has 2 N–H and O–H groups in total. The second-order valence-electron chi connectivity index (χ2n) is 4.25. The van der Waals surface area contributed by atoms with Crippen LogP contribution in [-0.4, -0.2) is 9.97 Å². The van der Waals surface area contributed by atoms with Crippen LogP contribution in [-0.2, 0) is 0 Å². The van der Waals surface area contributed by atoms with Gasteiger partial charge in [-0.1, -0.05) is 24.3 Å². The van der Waals surface area contributed by atoms with Crippen molar-refractivity contribution in [3.05, 3.63) is 47.5 Å². The second kappa shape index (κ2) is 4.48. The molecule has 0 saturated carbocycles. The topological polar surface area (TPSA) is 51.8 Å². The first-order valence-corrected chi connectivity index (χ1v) is 6.63. The monoisotopic (exact) mass is 255 g/mol. The van der Waals surface area contributed by atoms with Gasteiger partial charge in [0, 0.05) is 22.5 Å². The average Bonchev–Trinajstić information content (AvgIpc) is 2.88. The van der Waals surface area contributed by atoms with Crippen molar-refractivity contribution < 1.29 is 0 Å². The lowest BCUT2D eigenvalue weighted by molar-refractivity contribution is 0.835. The molecule has 3 rings (SSSR count). The first-order valence-electron chi connectivity index (χ1n) is 5.81. The summed E-state index contributed by atoms with van der Waals surface area (Å²) in [5, 5.41) is 2.07. The Hall–Kier alpha value is -1.78. The quantitative estimate of drug-likeness (QED) is 0.763. The number of para-hydroxylation sites is 1. The van der Waals surface area contributed by atoms with E-state index in [1.165, 1.54) is 0 Å². The van der Waals surface area contributed by atoms with Gasteiger partial charge in [0.2, 0.25) is 0 Å². The van der Waals surface area contributed by atoms with E-state index in [0.717, 1.165) is 26.5 Å². The largest absolute Gasteiger partial charge is 0.323 e. The van der Waals surface area contributed by atoms with Gasteiger partial charge in [-0.05, 0) is 19.1 Å². The van der Waals surface area contributed by atoms with Crippen molar-refractivity contribution in [1.29, 1.82) is 0 Å². The Morgan fingerprint density at radius 3 is 2.78 bits per heavy atom. The number of hydrogen-bond donors (Lipinski definition) is 1. The lowest BCUT2D eigenvalue weighted by Gasteiger charge is -2.00. The van der Waals surface area contributed by atoms with E-state index in [2.05, 4.69) is 22.1 Å². The summed E-state index contributed by atoms with van der Waals surface area (Å²) in [6, 6.07) is 12.2. The SMILES string of the molecule is CC(N)c1cnc(-c2ccc3ccccc3n2)s1. The Morgan fingerprint density at radius 1 is 1.17 bits per heavy atom. The molecule has 0 amide bonds. The zero-order chi connectivity index (χ0) is 12.5. The van der Waals surface area contributed by atoms with Crippen LogP contribution in [0.25, 0.3) is 21.6 Å². The van der Waals surface area contributed by atoms with Crippen molar-refractivity contribution in [3.8, 4) is 10.7 Å². The molecule has 1 aromatic carbocycles. The van der Waals surface area contributed by atoms with Crippen LogP contribution in [0.15, 0.2) is 42.6 Å². The predicted octanol–water partition coefficient (Wildman–Crippen LogP) is 3.38. The Morgan fingerprint density at radius 2 is 2.00 bits per heavy atom. The highest BCUT2D eigenvalue weighted by Gasteiger charge is 2.09. The molecular formula is C14H13N3S. The van der Waals surface area contributed by atoms with E-state index in [4.69, 9.17) is 5.73 Å². The van der Waals surface area contributed by atoms with Gasteiger partial charge in [-0.3, -0.25) is 0 Å². The summed E-state index contributed by atoms with van der Waals surface area (Å²) in [4.78, 5) is 10.1. The van der Waals surface area contributed by atoms with Gasteiger partial charge in [0.1, 0.15) is 5.01 Å². The standard InChI is InChI=1S/C14H13N3S/c1-9(15)13-8-16-14(18-13)12-7-6-10-4-2-3-5-11(10)17-12/h2-9H,15H2,1H3. The molecule has 3 nitrogen and oxygen atoms in total. The van der Waals surface area contributed by atoms with Crippen LogP contribution in [0, 0.1) is 0 Å². The molecule has 0 aliphatic carbocycles. The maximum absolute atomic E-state index is 5.85. The maximum Gasteiger partial charge on any atom is 0.142 e. The molecule has 0 fully saturated rings. The molecule has 1 unspecified atom stereocenters. The normalized spacial score (nSPS) is 12.8. The van der Waals surface area contributed by atoms with Gasteiger partial charge < -0.3 is 5.73 Å². The van der Waals surface area contributed by atoms with Gasteiger partial charge in [-0.25, -0.2) is 9.97 Å². The van der Waals surface area contributed by atoms with Crippen LogP contribution in [0.1, 0.15) is 17.8 Å². The number of aromatic nitrogens is 2. The smallest absolute Gasteiger partial charge is 0.142 e. The van der Waals surface area contributed by atoms with Crippen LogP contribution < -0.4 is 5.73 Å². The number of rotatable bonds is 2. The van der Waals surface area contributed by atoms with Gasteiger partial charge in [0.15, 0.2) is 0 Å². The maximum atomic E-state index is 5.85. The van der Waals surface area contributed by atoms with Crippen molar-refractivity contribution >= 4 is 22.2 Å². The van der Waals surface area contributed by atoms with E-state index in [1.807, 2.05) is 37.4 Å². The van der Waals surface area contributed by atoms with Crippen molar-refractivity contribution in [3.63, 3.8) is 0 Å². The highest BCUT2D eigenvalue weighted by atomic mass is 32.1. The Bertz CT molecular complexity index is 688. The number of nitrogens with zero attached hydrogens (tertiary/aromatic N) is 2. The summed E-state index contributed by atoms with van der Waals surface area (Å²) in [6.45, 7) is 1.96. The van der Waals surface area contributed by atoms with Crippen LogP contribution in [0.3, 0.4) is 0 Å². The fraction of sp³-hybridized carbons (Fsp3) is 0.143. The molecule has 0 radical (unpaired) electrons. The van der Waals surface area contributed by atoms with Gasteiger partial charge >= 0.3 is 0 Å². The molecule has 0 saturated heterocycles. The molecule has 0 spiro atoms. The van der Waals surface area contributed by atoms with E-state index >= 15 is 0 Å². The molecule has 0 aliphatic rings. The first-order chi connectivity index (χ1) is 8.74. The lowest BCUT2D eigenvalue weighted by atomic mass is 10.2. The summed E-state index contributed by atoms with van der Waals surface area (Å²) in [5.41, 5.74) is 7.75. The van der Waals surface area contributed by atoms with Crippen LogP contribution in [0.5, 0.6) is 0 Å². The number of nitrogens with two attached hydrogens (primary N) is 1. The van der Waals surface area contributed by atoms with E-state index in [9.17, 15) is 0 Å². The summed E-state index contributed by atoms with van der Waals surface area (Å²) in [5.74, 6) is 0. The summed E-state index contributed by atoms with van der Waals surface area (Å²) in [6.07, 6.45) is 1.83. The molecule has 1 atom stereocenters. The number of benzene rings is 1. The molecule has 0 aliphatic heterocycles. The third kappa shape index (κ3) is 2.00. The third-order valence-corrected chi connectivity index (χ3v) is 4.01. The highest BCUT2D eigenvalue weighted by Crippen LogP contribution is 2.27. The van der Waals surface area contributed by atoms with Crippen molar-refractivity contribution in [2.24, 2.45) is 5.73 Å². The van der Waals surface area contributed by atoms with E-state index in [1.54, 1.807) is 11.3 Å². The Kier molecular flexibility index (Phi) is 2.81. The fourth-order valence-electron chi connectivity index (χ4n) is 1.80. The number of thiazole rings is 1. The zero-order valence-corrected chi connectivity index (χ0v) is 10.8. The van der Waals surface area contributed by atoms with Crippen molar-refractivity contribution in [2.45, 2.75) is 13.0 Å². The average molecular weight is 255 g/mol. The van der Waals surface area contributed by atoms with Crippen molar-refractivity contribution in [2.75, 3.05) is 0 Å². The second-order valence-corrected chi connectivity index (χ2v) is 5.31. The number of hydrogen-bond acceptors (Lipinski definition) is 4. The molecule has 2 aromatic heterocycles. The van der Waals surface area contributed by atoms with Gasteiger partial charge in [-0.15, -0.1) is 11.3 Å². The van der Waals surface area contributed by atoms with E-state index in [0.29, 0.717) is 0 Å². The molecule has 4 heteroatoms. The fourth-order valence-corrected chi connectivity index (χ4v) is 2.64. The third-order valence-electron chi connectivity index (χ3n) is 2.79. The molecular weight excluding hydrogens is 242 g/mol. The van der Waals surface area contributed by atoms with Gasteiger partial charge in [0.25, 0.3) is 0 Å². The summed E-state index contributed by atoms with van der Waals surface area (Å²) < 4.78 is 0. The van der Waals surface area contributed by atoms with E-state index < -0.39 is 0 Å². The van der Waals surface area contributed by atoms with Gasteiger partial charge in [-0.2, -0.15) is 0 Å². The first kappa shape index (κ1) is 11.3. The Balaban J connectivity index is 2.07. The predicted molar refractivity (Wildman–Crippen MR) is 75.5 cm³/mol. The lowest BCUT2D eigenvalue weighted by Crippen LogP contribution is -2.01. The van der Waals surface area contributed by atoms with Crippen molar-refractivity contribution in [1.82, 2.24) is 9.97 Å². The molecule has 90 valence electrons. The number of fused-ring (bicyclic) bond motifs is 1. The minimum Gasteiger partial charge on any atom is -0.323 e. The van der Waals surface area contributed by atoms with E-state index in [-0.39, 0.29) is 6.04 Å². The zero-order valence-electron chi connectivity index (χ0n) is 10.00. The van der Waals surface area contributed by atoms with Crippen LogP contribution in [0.2, 0.25) is 0 Å². The Labute approximate surface area is 109 Å². The minimum atomic E-state index is 0.0247.